The van der Waals surface area contributed by atoms with Crippen molar-refractivity contribution < 1.29 is 19.1 Å². The Kier molecular flexibility index (Phi) is 10.5. The van der Waals surface area contributed by atoms with Crippen molar-refractivity contribution in [3.05, 3.63) is 35.9 Å². The molecule has 1 aromatic rings. The second kappa shape index (κ2) is 11.4. The van der Waals surface area contributed by atoms with E-state index in [1.165, 1.54) is 0 Å². The van der Waals surface area contributed by atoms with Gasteiger partial charge in [-0.2, -0.15) is 0 Å². The highest BCUT2D eigenvalue weighted by Gasteiger charge is 2.24. The standard InChI is InChI=1S/C17H25N3O4.ClH/c1-4-24-17(23)15(12-8-6-5-7-9-12)20-13(21)10-19-16(22)14(18)11(2)3;/h5-9,11,14-15H,4,10,18H2,1-3H3,(H,19,22)(H,20,21);1H/t14-,15+;/m0./s1. The van der Waals surface area contributed by atoms with E-state index in [4.69, 9.17) is 10.5 Å². The van der Waals surface area contributed by atoms with Gasteiger partial charge < -0.3 is 21.1 Å². The summed E-state index contributed by atoms with van der Waals surface area (Å²) < 4.78 is 4.99. The summed E-state index contributed by atoms with van der Waals surface area (Å²) in [6.45, 7) is 5.27. The number of nitrogens with one attached hydrogen (secondary N) is 2. The maximum atomic E-state index is 12.1. The highest BCUT2D eigenvalue weighted by molar-refractivity contribution is 5.90. The molecule has 0 spiro atoms. The lowest BCUT2D eigenvalue weighted by Gasteiger charge is -2.19. The Balaban J connectivity index is 0.00000576. The van der Waals surface area contributed by atoms with Gasteiger partial charge in [0.2, 0.25) is 11.8 Å². The number of carbonyl (C=O) groups excluding carboxylic acids is 3. The molecule has 25 heavy (non-hydrogen) atoms. The fourth-order valence-corrected chi connectivity index (χ4v) is 1.95. The first-order valence-corrected chi connectivity index (χ1v) is 7.91. The summed E-state index contributed by atoms with van der Waals surface area (Å²) in [6, 6.07) is 7.15. The van der Waals surface area contributed by atoms with E-state index in [1.54, 1.807) is 37.3 Å². The zero-order valence-electron chi connectivity index (χ0n) is 14.7. The number of nitrogens with two attached hydrogens (primary N) is 1. The molecule has 0 saturated carbocycles. The van der Waals surface area contributed by atoms with Crippen LogP contribution in [0.4, 0.5) is 0 Å². The number of ether oxygens (including phenoxy) is 1. The number of halogens is 1. The SMILES string of the molecule is CCOC(=O)[C@H](NC(=O)CNC(=O)[C@@H](N)C(C)C)c1ccccc1.Cl. The smallest absolute Gasteiger partial charge is 0.333 e. The molecule has 1 rings (SSSR count). The molecule has 0 unspecified atom stereocenters. The van der Waals surface area contributed by atoms with Gasteiger partial charge in [0.25, 0.3) is 0 Å². The number of benzene rings is 1. The van der Waals surface area contributed by atoms with Gasteiger partial charge in [-0.15, -0.1) is 12.4 Å². The quantitative estimate of drug-likeness (QED) is 0.589. The molecular formula is C17H26ClN3O4. The number of amides is 2. The largest absolute Gasteiger partial charge is 0.464 e. The minimum atomic E-state index is -0.922. The van der Waals surface area contributed by atoms with Crippen molar-refractivity contribution in [2.24, 2.45) is 11.7 Å². The van der Waals surface area contributed by atoms with E-state index in [0.717, 1.165) is 0 Å². The number of hydrogen-bond acceptors (Lipinski definition) is 5. The van der Waals surface area contributed by atoms with Crippen molar-refractivity contribution in [2.75, 3.05) is 13.2 Å². The van der Waals surface area contributed by atoms with Gasteiger partial charge in [-0.05, 0) is 18.4 Å². The lowest BCUT2D eigenvalue weighted by atomic mass is 10.1. The van der Waals surface area contributed by atoms with E-state index in [-0.39, 0.29) is 31.5 Å². The average Bonchev–Trinajstić information content (AvgIpc) is 2.57. The first kappa shape index (κ1) is 22.9. The molecule has 7 nitrogen and oxygen atoms in total. The first-order chi connectivity index (χ1) is 11.4. The molecule has 2 atom stereocenters. The van der Waals surface area contributed by atoms with E-state index >= 15 is 0 Å². The molecule has 0 aliphatic rings. The van der Waals surface area contributed by atoms with Crippen molar-refractivity contribution in [3.8, 4) is 0 Å². The minimum Gasteiger partial charge on any atom is -0.464 e. The first-order valence-electron chi connectivity index (χ1n) is 7.91. The molecule has 0 radical (unpaired) electrons. The van der Waals surface area contributed by atoms with Crippen LogP contribution in [0.5, 0.6) is 0 Å². The highest BCUT2D eigenvalue weighted by Crippen LogP contribution is 2.14. The van der Waals surface area contributed by atoms with E-state index in [0.29, 0.717) is 5.56 Å². The number of rotatable bonds is 8. The molecule has 1 aromatic carbocycles. The second-order valence-corrected chi connectivity index (χ2v) is 5.65. The molecular weight excluding hydrogens is 346 g/mol. The molecule has 4 N–H and O–H groups in total. The van der Waals surface area contributed by atoms with E-state index < -0.39 is 29.9 Å². The summed E-state index contributed by atoms with van der Waals surface area (Å²) in [7, 11) is 0. The van der Waals surface area contributed by atoms with Gasteiger partial charge in [0.15, 0.2) is 6.04 Å². The molecule has 0 heterocycles. The fraction of sp³-hybridized carbons (Fsp3) is 0.471. The number of esters is 1. The molecule has 0 aliphatic heterocycles. The van der Waals surface area contributed by atoms with Crippen LogP contribution in [0, 0.1) is 5.92 Å². The van der Waals surface area contributed by atoms with E-state index in [2.05, 4.69) is 10.6 Å². The third-order valence-corrected chi connectivity index (χ3v) is 3.40. The maximum Gasteiger partial charge on any atom is 0.333 e. The maximum absolute atomic E-state index is 12.1. The Morgan fingerprint density at radius 1 is 1.16 bits per heavy atom. The fourth-order valence-electron chi connectivity index (χ4n) is 1.95. The van der Waals surface area contributed by atoms with Crippen LogP contribution in [0.25, 0.3) is 0 Å². The minimum absolute atomic E-state index is 0. The zero-order chi connectivity index (χ0) is 18.1. The summed E-state index contributed by atoms with van der Waals surface area (Å²) in [5, 5.41) is 5.04. The van der Waals surface area contributed by atoms with Crippen LogP contribution >= 0.6 is 12.4 Å². The predicted molar refractivity (Wildman–Crippen MR) is 97.0 cm³/mol. The molecule has 8 heteroatoms. The summed E-state index contributed by atoms with van der Waals surface area (Å²) in [6.07, 6.45) is 0. The van der Waals surface area contributed by atoms with Gasteiger partial charge in [-0.3, -0.25) is 9.59 Å². The Hall–Kier alpha value is -2.12. The van der Waals surface area contributed by atoms with Gasteiger partial charge in [0.05, 0.1) is 19.2 Å². The van der Waals surface area contributed by atoms with E-state index in [9.17, 15) is 14.4 Å². The topological polar surface area (TPSA) is 111 Å². The summed E-state index contributed by atoms with van der Waals surface area (Å²) in [5.41, 5.74) is 6.31. The number of hydrogen-bond donors (Lipinski definition) is 3. The van der Waals surface area contributed by atoms with Crippen LogP contribution in [0.3, 0.4) is 0 Å². The van der Waals surface area contributed by atoms with Crippen LogP contribution < -0.4 is 16.4 Å². The molecule has 0 fully saturated rings. The third-order valence-electron chi connectivity index (χ3n) is 3.40. The summed E-state index contributed by atoms with van der Waals surface area (Å²) in [4.78, 5) is 35.9. The third kappa shape index (κ3) is 7.53. The molecule has 0 aromatic heterocycles. The summed E-state index contributed by atoms with van der Waals surface area (Å²) in [5.74, 6) is -1.50. The molecule has 0 bridgehead atoms. The Morgan fingerprint density at radius 3 is 2.28 bits per heavy atom. The van der Waals surface area contributed by atoms with Gasteiger partial charge in [-0.25, -0.2) is 4.79 Å². The molecule has 2 amide bonds. The zero-order valence-corrected chi connectivity index (χ0v) is 15.5. The van der Waals surface area contributed by atoms with Crippen LogP contribution in [0.1, 0.15) is 32.4 Å². The predicted octanol–water partition coefficient (Wildman–Crippen LogP) is 0.928. The van der Waals surface area contributed by atoms with Crippen molar-refractivity contribution >= 4 is 30.2 Å². The lowest BCUT2D eigenvalue weighted by molar-refractivity contribution is -0.147. The van der Waals surface area contributed by atoms with E-state index in [1.807, 2.05) is 13.8 Å². The van der Waals surface area contributed by atoms with Crippen molar-refractivity contribution in [2.45, 2.75) is 32.9 Å². The number of carbonyl (C=O) groups is 3. The summed E-state index contributed by atoms with van der Waals surface area (Å²) >= 11 is 0. The normalized spacial score (nSPS) is 12.5. The van der Waals surface area contributed by atoms with Crippen LogP contribution in [-0.2, 0) is 19.1 Å². The van der Waals surface area contributed by atoms with Crippen molar-refractivity contribution in [1.29, 1.82) is 0 Å². The van der Waals surface area contributed by atoms with Crippen LogP contribution in [0.15, 0.2) is 30.3 Å². The van der Waals surface area contributed by atoms with Gasteiger partial charge in [-0.1, -0.05) is 44.2 Å². The van der Waals surface area contributed by atoms with Crippen LogP contribution in [0.2, 0.25) is 0 Å². The molecule has 140 valence electrons. The van der Waals surface area contributed by atoms with Crippen LogP contribution in [-0.4, -0.2) is 37.0 Å². The lowest BCUT2D eigenvalue weighted by Crippen LogP contribution is -2.48. The Labute approximate surface area is 154 Å². The monoisotopic (exact) mass is 371 g/mol. The van der Waals surface area contributed by atoms with Crippen molar-refractivity contribution in [1.82, 2.24) is 10.6 Å². The van der Waals surface area contributed by atoms with Gasteiger partial charge >= 0.3 is 5.97 Å². The average molecular weight is 372 g/mol. The second-order valence-electron chi connectivity index (χ2n) is 5.65. The highest BCUT2D eigenvalue weighted by atomic mass is 35.5. The molecule has 0 saturated heterocycles. The molecule has 0 aliphatic carbocycles. The van der Waals surface area contributed by atoms with Gasteiger partial charge in [0.1, 0.15) is 0 Å². The van der Waals surface area contributed by atoms with Gasteiger partial charge in [0, 0.05) is 0 Å². The van der Waals surface area contributed by atoms with Crippen molar-refractivity contribution in [3.63, 3.8) is 0 Å². The Bertz CT molecular complexity index is 566. The Morgan fingerprint density at radius 2 is 1.76 bits per heavy atom.